The third kappa shape index (κ3) is 10.2. The molecular formula is C35H58O8P2. The standard InChI is InChI=1S/C35H58O8P2/c1-22-15-24(27(33(9,10)11)17-25(22)31(3,4)5)30(35(19-36,20-41-44(37)38)21-42-45(39)40)43-29-16-23(2)26(32(6,7)8)18-28(29)34(12,13)14/h15-18,30,36-40H,19-21H2,1-14H3. The molecule has 0 bridgehead atoms. The van der Waals surface area contributed by atoms with E-state index in [1.165, 1.54) is 11.1 Å². The second kappa shape index (κ2) is 14.5. The highest BCUT2D eigenvalue weighted by atomic mass is 31.2. The van der Waals surface area contributed by atoms with Crippen LogP contribution in [0.3, 0.4) is 0 Å². The van der Waals surface area contributed by atoms with Crippen LogP contribution in [0.5, 0.6) is 5.75 Å². The Kier molecular flexibility index (Phi) is 12.9. The average molecular weight is 669 g/mol. The molecule has 45 heavy (non-hydrogen) atoms. The van der Waals surface area contributed by atoms with Crippen molar-refractivity contribution in [3.05, 3.63) is 63.2 Å². The van der Waals surface area contributed by atoms with Gasteiger partial charge in [0.15, 0.2) is 0 Å². The van der Waals surface area contributed by atoms with Crippen molar-refractivity contribution in [2.75, 3.05) is 19.8 Å². The van der Waals surface area contributed by atoms with Gasteiger partial charge in [-0.25, -0.2) is 0 Å². The Hall–Kier alpha value is -1.18. The van der Waals surface area contributed by atoms with Crippen LogP contribution in [0.25, 0.3) is 0 Å². The Balaban J connectivity index is 3.11. The fraction of sp³-hybridized carbons (Fsp3) is 0.657. The minimum atomic E-state index is -2.80. The zero-order valence-corrected chi connectivity index (χ0v) is 31.7. The van der Waals surface area contributed by atoms with E-state index in [1.807, 2.05) is 13.0 Å². The quantitative estimate of drug-likeness (QED) is 0.152. The maximum absolute atomic E-state index is 11.1. The van der Waals surface area contributed by atoms with Gasteiger partial charge in [-0.2, -0.15) is 0 Å². The molecule has 2 aromatic rings. The molecule has 0 aromatic heterocycles. The summed E-state index contributed by atoms with van der Waals surface area (Å²) in [6.07, 6.45) is -0.963. The second-order valence-corrected chi connectivity index (χ2v) is 18.0. The summed E-state index contributed by atoms with van der Waals surface area (Å²) >= 11 is 0. The molecular weight excluding hydrogens is 610 g/mol. The lowest BCUT2D eigenvalue weighted by atomic mass is 9.71. The highest BCUT2D eigenvalue weighted by Gasteiger charge is 2.46. The maximum Gasteiger partial charge on any atom is 0.327 e. The smallest absolute Gasteiger partial charge is 0.327 e. The molecule has 0 radical (unpaired) electrons. The first-order chi connectivity index (χ1) is 20.2. The van der Waals surface area contributed by atoms with Crippen molar-refractivity contribution >= 4 is 17.2 Å². The predicted octanol–water partition coefficient (Wildman–Crippen LogP) is 8.05. The highest BCUT2D eigenvalue weighted by Crippen LogP contribution is 2.49. The van der Waals surface area contributed by atoms with E-state index < -0.39 is 35.3 Å². The monoisotopic (exact) mass is 668 g/mol. The Labute approximate surface area is 274 Å². The van der Waals surface area contributed by atoms with Crippen LogP contribution in [0.2, 0.25) is 0 Å². The van der Waals surface area contributed by atoms with Gasteiger partial charge >= 0.3 is 17.2 Å². The Bertz CT molecular complexity index is 1280. The summed E-state index contributed by atoms with van der Waals surface area (Å²) in [5.74, 6) is 0.610. The number of hydrogen-bond acceptors (Lipinski definition) is 8. The van der Waals surface area contributed by atoms with Crippen LogP contribution < -0.4 is 4.74 Å². The fourth-order valence-electron chi connectivity index (χ4n) is 5.96. The van der Waals surface area contributed by atoms with Gasteiger partial charge in [-0.15, -0.1) is 0 Å². The molecule has 1 atom stereocenters. The number of hydrogen-bond donors (Lipinski definition) is 5. The number of ether oxygens (including phenoxy) is 1. The maximum atomic E-state index is 11.1. The van der Waals surface area contributed by atoms with Crippen molar-refractivity contribution < 1.29 is 38.5 Å². The largest absolute Gasteiger partial charge is 0.485 e. The van der Waals surface area contributed by atoms with Gasteiger partial charge in [-0.3, -0.25) is 0 Å². The first kappa shape index (κ1) is 40.0. The molecule has 0 aliphatic rings. The second-order valence-electron chi connectivity index (χ2n) is 16.5. The van der Waals surface area contributed by atoms with Crippen molar-refractivity contribution in [2.45, 2.75) is 125 Å². The lowest BCUT2D eigenvalue weighted by molar-refractivity contribution is -0.0664. The average Bonchev–Trinajstić information content (AvgIpc) is 2.84. The van der Waals surface area contributed by atoms with Crippen molar-refractivity contribution in [3.8, 4) is 5.75 Å². The van der Waals surface area contributed by atoms with Gasteiger partial charge in [-0.1, -0.05) is 101 Å². The van der Waals surface area contributed by atoms with Gasteiger partial charge in [0.1, 0.15) is 11.9 Å². The summed E-state index contributed by atoms with van der Waals surface area (Å²) in [6, 6.07) is 8.49. The van der Waals surface area contributed by atoms with Crippen molar-refractivity contribution in [3.63, 3.8) is 0 Å². The van der Waals surface area contributed by atoms with Crippen molar-refractivity contribution in [2.24, 2.45) is 5.41 Å². The number of aryl methyl sites for hydroxylation is 2. The third-order valence-corrected chi connectivity index (χ3v) is 9.01. The van der Waals surface area contributed by atoms with Gasteiger partial charge in [0.25, 0.3) is 0 Å². The summed E-state index contributed by atoms with van der Waals surface area (Å²) in [6.45, 7) is 28.5. The zero-order chi connectivity index (χ0) is 34.9. The molecule has 0 aliphatic heterocycles. The lowest BCUT2D eigenvalue weighted by Crippen LogP contribution is -2.45. The molecule has 0 saturated carbocycles. The predicted molar refractivity (Wildman–Crippen MR) is 185 cm³/mol. The minimum Gasteiger partial charge on any atom is -0.485 e. The van der Waals surface area contributed by atoms with Crippen LogP contribution in [0.1, 0.15) is 128 Å². The first-order valence-electron chi connectivity index (χ1n) is 15.4. The molecule has 0 amide bonds. The van der Waals surface area contributed by atoms with Crippen molar-refractivity contribution in [1.82, 2.24) is 0 Å². The Morgan fingerprint density at radius 2 is 0.956 bits per heavy atom. The first-order valence-corrected chi connectivity index (χ1v) is 17.8. The molecule has 0 heterocycles. The Morgan fingerprint density at radius 1 is 0.578 bits per heavy atom. The van der Waals surface area contributed by atoms with E-state index in [0.717, 1.165) is 27.8 Å². The van der Waals surface area contributed by atoms with Crippen LogP contribution in [0.15, 0.2) is 24.3 Å². The summed E-state index contributed by atoms with van der Waals surface area (Å²) in [4.78, 5) is 39.3. The van der Waals surface area contributed by atoms with E-state index >= 15 is 0 Å². The van der Waals surface area contributed by atoms with Crippen LogP contribution in [-0.4, -0.2) is 44.5 Å². The molecule has 5 N–H and O–H groups in total. The topological polar surface area (TPSA) is 129 Å². The molecule has 0 saturated heterocycles. The van der Waals surface area contributed by atoms with Crippen molar-refractivity contribution in [1.29, 1.82) is 0 Å². The van der Waals surface area contributed by atoms with Gasteiger partial charge in [-0.05, 0) is 80.5 Å². The third-order valence-electron chi connectivity index (χ3n) is 8.29. The summed E-state index contributed by atoms with van der Waals surface area (Å²) in [5, 5.41) is 11.1. The molecule has 8 nitrogen and oxygen atoms in total. The molecule has 10 heteroatoms. The molecule has 2 aromatic carbocycles. The molecule has 1 unspecified atom stereocenters. The van der Waals surface area contributed by atoms with Gasteiger partial charge in [0, 0.05) is 0 Å². The molecule has 0 spiro atoms. The summed E-state index contributed by atoms with van der Waals surface area (Å²) < 4.78 is 17.9. The van der Waals surface area contributed by atoms with E-state index in [-0.39, 0.29) is 34.9 Å². The van der Waals surface area contributed by atoms with Crippen LogP contribution >= 0.6 is 17.2 Å². The van der Waals surface area contributed by atoms with Gasteiger partial charge in [0.05, 0.1) is 25.2 Å². The van der Waals surface area contributed by atoms with Crippen LogP contribution in [-0.2, 0) is 30.7 Å². The molecule has 0 aliphatic carbocycles. The number of aliphatic hydroxyl groups excluding tert-OH is 1. The minimum absolute atomic E-state index is 0.114. The summed E-state index contributed by atoms with van der Waals surface area (Å²) in [5.41, 5.74) is 4.72. The Morgan fingerprint density at radius 3 is 1.31 bits per heavy atom. The van der Waals surface area contributed by atoms with Crippen LogP contribution in [0.4, 0.5) is 0 Å². The highest BCUT2D eigenvalue weighted by molar-refractivity contribution is 7.39. The van der Waals surface area contributed by atoms with Gasteiger partial charge in [0.2, 0.25) is 0 Å². The van der Waals surface area contributed by atoms with E-state index in [0.29, 0.717) is 5.75 Å². The zero-order valence-electron chi connectivity index (χ0n) is 29.9. The van der Waals surface area contributed by atoms with E-state index in [2.05, 4.69) is 108 Å². The van der Waals surface area contributed by atoms with Gasteiger partial charge < -0.3 is 38.5 Å². The van der Waals surface area contributed by atoms with E-state index in [1.54, 1.807) is 0 Å². The van der Waals surface area contributed by atoms with Crippen LogP contribution in [0, 0.1) is 19.3 Å². The number of benzene rings is 2. The number of aliphatic hydroxyl groups is 1. The molecule has 0 fully saturated rings. The van der Waals surface area contributed by atoms with E-state index in [9.17, 15) is 24.7 Å². The molecule has 2 rings (SSSR count). The SMILES string of the molecule is Cc1cc(OC(c2cc(C)c(C(C)(C)C)cc2C(C)(C)C)C(CO)(COP(O)O)COP(O)O)c(C(C)(C)C)cc1C(C)(C)C. The number of rotatable bonds is 11. The summed E-state index contributed by atoms with van der Waals surface area (Å²) in [7, 11) is -5.59. The lowest BCUT2D eigenvalue weighted by Gasteiger charge is -2.42. The normalized spacial score (nSPS) is 14.4. The molecule has 256 valence electrons. The van der Waals surface area contributed by atoms with E-state index in [4.69, 9.17) is 13.8 Å². The fourth-order valence-corrected chi connectivity index (χ4v) is 6.71.